The Kier molecular flexibility index (Phi) is 6.04. The van der Waals surface area contributed by atoms with Crippen molar-refractivity contribution in [2.24, 2.45) is 0 Å². The normalized spacial score (nSPS) is 10.4. The van der Waals surface area contributed by atoms with Crippen LogP contribution in [0.5, 0.6) is 5.75 Å². The number of aromatic nitrogens is 3. The first-order valence-corrected chi connectivity index (χ1v) is 8.75. The quantitative estimate of drug-likeness (QED) is 0.675. The van der Waals surface area contributed by atoms with Crippen LogP contribution in [0.25, 0.3) is 11.3 Å². The van der Waals surface area contributed by atoms with E-state index in [1.807, 2.05) is 54.1 Å². The molecule has 140 valence electrons. The summed E-state index contributed by atoms with van der Waals surface area (Å²) >= 11 is 0. The monoisotopic (exact) mass is 365 g/mol. The van der Waals surface area contributed by atoms with Crippen molar-refractivity contribution in [3.8, 4) is 17.0 Å². The average Bonchev–Trinajstić information content (AvgIpc) is 3.08. The highest BCUT2D eigenvalue weighted by molar-refractivity contribution is 5.73. The Labute approximate surface area is 158 Å². The van der Waals surface area contributed by atoms with E-state index in [0.29, 0.717) is 19.6 Å². The molecule has 3 aromatic rings. The number of ether oxygens (including phenoxy) is 1. The van der Waals surface area contributed by atoms with Crippen molar-refractivity contribution in [3.05, 3.63) is 66.1 Å². The Morgan fingerprint density at radius 2 is 1.85 bits per heavy atom. The molecule has 2 N–H and O–H groups in total. The van der Waals surface area contributed by atoms with Crippen LogP contribution in [-0.2, 0) is 13.1 Å². The summed E-state index contributed by atoms with van der Waals surface area (Å²) in [6.07, 6.45) is 3.50. The summed E-state index contributed by atoms with van der Waals surface area (Å²) in [5, 5.41) is 10.3. The minimum absolute atomic E-state index is 0.204. The van der Waals surface area contributed by atoms with Crippen LogP contribution in [-0.4, -0.2) is 34.5 Å². The molecule has 0 atom stereocenters. The molecule has 0 spiro atoms. The molecule has 7 heteroatoms. The number of hydrogen-bond donors (Lipinski definition) is 2. The lowest BCUT2D eigenvalue weighted by atomic mass is 10.2. The number of amides is 2. The number of carbonyl (C=O) groups is 1. The summed E-state index contributed by atoms with van der Waals surface area (Å²) in [5.41, 5.74) is 3.98. The van der Waals surface area contributed by atoms with Gasteiger partial charge >= 0.3 is 6.03 Å². The van der Waals surface area contributed by atoms with Crippen molar-refractivity contribution >= 4 is 6.03 Å². The third kappa shape index (κ3) is 5.07. The van der Waals surface area contributed by atoms with Gasteiger partial charge in [0, 0.05) is 36.7 Å². The number of benzene rings is 1. The highest BCUT2D eigenvalue weighted by Crippen LogP contribution is 2.17. The Hall–Kier alpha value is -3.35. The fourth-order valence-electron chi connectivity index (χ4n) is 2.66. The van der Waals surface area contributed by atoms with E-state index in [1.54, 1.807) is 19.5 Å². The van der Waals surface area contributed by atoms with Crippen LogP contribution >= 0.6 is 0 Å². The molecule has 0 saturated carbocycles. The molecule has 7 nitrogen and oxygen atoms in total. The summed E-state index contributed by atoms with van der Waals surface area (Å²) in [7, 11) is 1.63. The largest absolute Gasteiger partial charge is 0.497 e. The maximum atomic E-state index is 12.0. The Balaban J connectivity index is 1.45. The van der Waals surface area contributed by atoms with Crippen molar-refractivity contribution in [2.45, 2.75) is 20.0 Å². The first-order valence-electron chi connectivity index (χ1n) is 8.75. The molecule has 27 heavy (non-hydrogen) atoms. The van der Waals surface area contributed by atoms with Crippen molar-refractivity contribution in [1.82, 2.24) is 25.4 Å². The fraction of sp³-hybridized carbons (Fsp3) is 0.250. The Bertz CT molecular complexity index is 875. The maximum absolute atomic E-state index is 12.0. The van der Waals surface area contributed by atoms with Crippen molar-refractivity contribution in [2.75, 3.05) is 13.7 Å². The molecule has 2 amide bonds. The molecule has 0 aliphatic rings. The van der Waals surface area contributed by atoms with E-state index in [4.69, 9.17) is 4.74 Å². The number of pyridine rings is 1. The van der Waals surface area contributed by atoms with Gasteiger partial charge in [-0.1, -0.05) is 12.1 Å². The molecule has 2 heterocycles. The molecular weight excluding hydrogens is 342 g/mol. The molecule has 0 saturated heterocycles. The number of carbonyl (C=O) groups excluding carboxylic acids is 1. The van der Waals surface area contributed by atoms with Crippen LogP contribution in [0.15, 0.2) is 54.9 Å². The summed E-state index contributed by atoms with van der Waals surface area (Å²) in [4.78, 5) is 16.0. The second kappa shape index (κ2) is 8.84. The molecule has 0 aliphatic carbocycles. The second-order valence-electron chi connectivity index (χ2n) is 6.09. The number of aryl methyl sites for hydroxylation is 1. The fourth-order valence-corrected chi connectivity index (χ4v) is 2.66. The zero-order chi connectivity index (χ0) is 19.1. The lowest BCUT2D eigenvalue weighted by Crippen LogP contribution is -2.37. The van der Waals surface area contributed by atoms with Gasteiger partial charge in [-0.05, 0) is 42.8 Å². The van der Waals surface area contributed by atoms with Crippen LogP contribution in [0.4, 0.5) is 4.79 Å². The lowest BCUT2D eigenvalue weighted by Gasteiger charge is -2.09. The number of hydrogen-bond acceptors (Lipinski definition) is 4. The van der Waals surface area contributed by atoms with Gasteiger partial charge in [0.05, 0.1) is 19.3 Å². The molecule has 0 unspecified atom stereocenters. The minimum atomic E-state index is -0.204. The van der Waals surface area contributed by atoms with Crippen LogP contribution in [0.1, 0.15) is 11.3 Å². The van der Waals surface area contributed by atoms with Gasteiger partial charge in [-0.2, -0.15) is 5.10 Å². The molecular formula is C20H23N5O2. The van der Waals surface area contributed by atoms with Gasteiger partial charge < -0.3 is 15.4 Å². The van der Waals surface area contributed by atoms with Gasteiger partial charge in [-0.25, -0.2) is 4.79 Å². The van der Waals surface area contributed by atoms with Crippen LogP contribution in [0, 0.1) is 6.92 Å². The van der Waals surface area contributed by atoms with Crippen molar-refractivity contribution in [1.29, 1.82) is 0 Å². The van der Waals surface area contributed by atoms with Gasteiger partial charge in [0.25, 0.3) is 0 Å². The van der Waals surface area contributed by atoms with Crippen molar-refractivity contribution in [3.63, 3.8) is 0 Å². The molecule has 0 radical (unpaired) electrons. The third-order valence-corrected chi connectivity index (χ3v) is 4.18. The zero-order valence-corrected chi connectivity index (χ0v) is 15.5. The molecule has 2 aromatic heterocycles. The van der Waals surface area contributed by atoms with E-state index in [-0.39, 0.29) is 6.03 Å². The molecule has 0 aliphatic heterocycles. The summed E-state index contributed by atoms with van der Waals surface area (Å²) in [6, 6.07) is 13.3. The summed E-state index contributed by atoms with van der Waals surface area (Å²) in [6.45, 7) is 3.56. The minimum Gasteiger partial charge on any atom is -0.497 e. The molecule has 0 fully saturated rings. The average molecular weight is 365 g/mol. The van der Waals surface area contributed by atoms with E-state index in [9.17, 15) is 4.79 Å². The number of nitrogens with one attached hydrogen (secondary N) is 2. The maximum Gasteiger partial charge on any atom is 0.315 e. The van der Waals surface area contributed by atoms with Gasteiger partial charge in [0.15, 0.2) is 0 Å². The highest BCUT2D eigenvalue weighted by atomic mass is 16.5. The third-order valence-electron chi connectivity index (χ3n) is 4.18. The topological polar surface area (TPSA) is 81.1 Å². The van der Waals surface area contributed by atoms with Crippen LogP contribution < -0.4 is 15.4 Å². The van der Waals surface area contributed by atoms with E-state index in [0.717, 1.165) is 28.3 Å². The number of urea groups is 1. The predicted octanol–water partition coefficient (Wildman–Crippen LogP) is 2.76. The predicted molar refractivity (Wildman–Crippen MR) is 103 cm³/mol. The van der Waals surface area contributed by atoms with Crippen molar-refractivity contribution < 1.29 is 9.53 Å². The SMILES string of the molecule is COc1ccc(CNC(=O)NCCn2nc(-c3ccncc3)cc2C)cc1. The van der Waals surface area contributed by atoms with Gasteiger partial charge in [0.1, 0.15) is 5.75 Å². The van der Waals surface area contributed by atoms with Gasteiger partial charge in [-0.3, -0.25) is 9.67 Å². The molecule has 1 aromatic carbocycles. The smallest absolute Gasteiger partial charge is 0.315 e. The van der Waals surface area contributed by atoms with Crippen LogP contribution in [0.2, 0.25) is 0 Å². The van der Waals surface area contributed by atoms with E-state index >= 15 is 0 Å². The van der Waals surface area contributed by atoms with E-state index in [1.165, 1.54) is 0 Å². The van der Waals surface area contributed by atoms with Gasteiger partial charge in [-0.15, -0.1) is 0 Å². The highest BCUT2D eigenvalue weighted by Gasteiger charge is 2.07. The lowest BCUT2D eigenvalue weighted by molar-refractivity contribution is 0.240. The summed E-state index contributed by atoms with van der Waals surface area (Å²) < 4.78 is 7.01. The first kappa shape index (κ1) is 18.4. The number of nitrogens with zero attached hydrogens (tertiary/aromatic N) is 3. The molecule has 0 bridgehead atoms. The first-order chi connectivity index (χ1) is 13.2. The number of rotatable bonds is 7. The van der Waals surface area contributed by atoms with E-state index < -0.39 is 0 Å². The van der Waals surface area contributed by atoms with Gasteiger partial charge in [0.2, 0.25) is 0 Å². The zero-order valence-electron chi connectivity index (χ0n) is 15.5. The second-order valence-corrected chi connectivity index (χ2v) is 6.09. The summed E-state index contributed by atoms with van der Waals surface area (Å²) in [5.74, 6) is 0.795. The van der Waals surface area contributed by atoms with E-state index in [2.05, 4.69) is 20.7 Å². The van der Waals surface area contributed by atoms with Crippen LogP contribution in [0.3, 0.4) is 0 Å². The Morgan fingerprint density at radius 3 is 2.56 bits per heavy atom. The standard InChI is InChI=1S/C20H23N5O2/c1-15-13-19(17-7-9-21-10-8-17)24-25(15)12-11-22-20(26)23-14-16-3-5-18(27-2)6-4-16/h3-10,13H,11-12,14H2,1-2H3,(H2,22,23,26). The Morgan fingerprint density at radius 1 is 1.11 bits per heavy atom. The number of methoxy groups -OCH3 is 1. The molecule has 3 rings (SSSR count).